The van der Waals surface area contributed by atoms with Crippen LogP contribution in [-0.4, -0.2) is 22.0 Å². The van der Waals surface area contributed by atoms with Crippen LogP contribution in [0.25, 0.3) is 11.5 Å². The second-order valence-electron chi connectivity index (χ2n) is 5.30. The van der Waals surface area contributed by atoms with Crippen LogP contribution in [0.4, 0.5) is 0 Å². The second-order valence-corrected chi connectivity index (χ2v) is 6.15. The van der Waals surface area contributed by atoms with E-state index in [0.29, 0.717) is 18.3 Å². The van der Waals surface area contributed by atoms with Crippen LogP contribution in [0.15, 0.2) is 33.6 Å². The van der Waals surface area contributed by atoms with E-state index >= 15 is 0 Å². The van der Waals surface area contributed by atoms with Gasteiger partial charge in [0.2, 0.25) is 11.8 Å². The number of aromatic nitrogens is 2. The van der Waals surface area contributed by atoms with Crippen LogP contribution in [0.5, 0.6) is 0 Å². The Morgan fingerprint density at radius 2 is 1.95 bits per heavy atom. The summed E-state index contributed by atoms with van der Waals surface area (Å²) in [5.74, 6) is 1.19. The predicted molar refractivity (Wildman–Crippen MR) is 78.1 cm³/mol. The molecule has 0 unspecified atom stereocenters. The van der Waals surface area contributed by atoms with Crippen LogP contribution in [0.2, 0.25) is 0 Å². The summed E-state index contributed by atoms with van der Waals surface area (Å²) in [5, 5.41) is 11.5. The van der Waals surface area contributed by atoms with E-state index in [-0.39, 0.29) is 5.54 Å². The lowest BCUT2D eigenvalue weighted by Crippen LogP contribution is -2.35. The van der Waals surface area contributed by atoms with Gasteiger partial charge >= 0.3 is 0 Å². The molecule has 2 aromatic rings. The van der Waals surface area contributed by atoms with E-state index in [4.69, 9.17) is 4.42 Å². The zero-order valence-corrected chi connectivity index (χ0v) is 12.5. The number of hydrogen-bond acceptors (Lipinski definition) is 5. The maximum Gasteiger partial charge on any atom is 0.248 e. The number of thioether (sulfide) groups is 1. The van der Waals surface area contributed by atoms with Crippen LogP contribution in [-0.2, 0) is 6.54 Å². The van der Waals surface area contributed by atoms with Crippen LogP contribution >= 0.6 is 11.8 Å². The highest BCUT2D eigenvalue weighted by atomic mass is 32.2. The Kier molecular flexibility index (Phi) is 4.27. The topological polar surface area (TPSA) is 51.0 Å². The smallest absolute Gasteiger partial charge is 0.248 e. The van der Waals surface area contributed by atoms with Crippen molar-refractivity contribution in [3.63, 3.8) is 0 Å². The lowest BCUT2D eigenvalue weighted by atomic mass is 10.1. The Morgan fingerprint density at radius 1 is 1.21 bits per heavy atom. The Hall–Kier alpha value is -1.33. The molecule has 1 aromatic heterocycles. The molecule has 102 valence electrons. The molecule has 0 saturated carbocycles. The standard InChI is InChI=1S/C14H19N3OS/c1-14(2,3)15-9-12-16-17-13(18-12)10-7-5-6-8-11(10)19-4/h5-8,15H,9H2,1-4H3. The van der Waals surface area contributed by atoms with E-state index in [0.717, 1.165) is 10.5 Å². The SMILES string of the molecule is CSc1ccccc1-c1nnc(CNC(C)(C)C)o1. The highest BCUT2D eigenvalue weighted by Gasteiger charge is 2.14. The van der Waals surface area contributed by atoms with Gasteiger partial charge in [-0.3, -0.25) is 0 Å². The van der Waals surface area contributed by atoms with Crippen molar-refractivity contribution in [2.45, 2.75) is 37.8 Å². The molecule has 0 radical (unpaired) electrons. The largest absolute Gasteiger partial charge is 0.419 e. The third kappa shape index (κ3) is 3.81. The molecule has 5 heteroatoms. The molecule has 0 aliphatic heterocycles. The zero-order valence-electron chi connectivity index (χ0n) is 11.7. The highest BCUT2D eigenvalue weighted by molar-refractivity contribution is 7.98. The van der Waals surface area contributed by atoms with E-state index < -0.39 is 0 Å². The van der Waals surface area contributed by atoms with E-state index in [1.807, 2.05) is 24.5 Å². The Balaban J connectivity index is 2.17. The number of hydrogen-bond donors (Lipinski definition) is 1. The molecule has 0 atom stereocenters. The zero-order chi connectivity index (χ0) is 13.9. The maximum atomic E-state index is 5.71. The van der Waals surface area contributed by atoms with Crippen molar-refractivity contribution in [2.24, 2.45) is 0 Å². The molecule has 0 spiro atoms. The first-order chi connectivity index (χ1) is 8.99. The van der Waals surface area contributed by atoms with Gasteiger partial charge in [0.1, 0.15) is 0 Å². The Bertz CT molecular complexity index is 546. The van der Waals surface area contributed by atoms with Gasteiger partial charge in [-0.1, -0.05) is 12.1 Å². The van der Waals surface area contributed by atoms with Crippen molar-refractivity contribution in [2.75, 3.05) is 6.26 Å². The van der Waals surface area contributed by atoms with Crippen molar-refractivity contribution in [3.05, 3.63) is 30.2 Å². The van der Waals surface area contributed by atoms with Gasteiger partial charge < -0.3 is 9.73 Å². The fraction of sp³-hybridized carbons (Fsp3) is 0.429. The summed E-state index contributed by atoms with van der Waals surface area (Å²) in [7, 11) is 0. The van der Waals surface area contributed by atoms with E-state index in [1.54, 1.807) is 11.8 Å². The molecule has 0 saturated heterocycles. The third-order valence-corrected chi connectivity index (χ3v) is 3.37. The van der Waals surface area contributed by atoms with Gasteiger partial charge in [-0.05, 0) is 39.2 Å². The van der Waals surface area contributed by atoms with Gasteiger partial charge in [-0.15, -0.1) is 22.0 Å². The summed E-state index contributed by atoms with van der Waals surface area (Å²) < 4.78 is 5.71. The van der Waals surface area contributed by atoms with Gasteiger partial charge in [-0.25, -0.2) is 0 Å². The van der Waals surface area contributed by atoms with E-state index in [9.17, 15) is 0 Å². The third-order valence-electron chi connectivity index (χ3n) is 2.57. The lowest BCUT2D eigenvalue weighted by Gasteiger charge is -2.18. The quantitative estimate of drug-likeness (QED) is 0.869. The van der Waals surface area contributed by atoms with Gasteiger partial charge in [-0.2, -0.15) is 0 Å². The van der Waals surface area contributed by atoms with Crippen molar-refractivity contribution in [1.29, 1.82) is 0 Å². The summed E-state index contributed by atoms with van der Waals surface area (Å²) in [4.78, 5) is 1.14. The summed E-state index contributed by atoms with van der Waals surface area (Å²) in [6.07, 6.45) is 2.04. The van der Waals surface area contributed by atoms with Crippen molar-refractivity contribution < 1.29 is 4.42 Å². The Morgan fingerprint density at radius 3 is 2.63 bits per heavy atom. The number of rotatable bonds is 4. The molecule has 1 aromatic carbocycles. The molecule has 0 bridgehead atoms. The average Bonchev–Trinajstić information content (AvgIpc) is 2.84. The van der Waals surface area contributed by atoms with E-state index in [2.05, 4.69) is 42.4 Å². The molecule has 0 aliphatic rings. The molecule has 2 rings (SSSR count). The normalized spacial score (nSPS) is 11.8. The Labute approximate surface area is 118 Å². The van der Waals surface area contributed by atoms with Crippen molar-refractivity contribution >= 4 is 11.8 Å². The fourth-order valence-corrected chi connectivity index (χ4v) is 2.19. The molecule has 0 amide bonds. The summed E-state index contributed by atoms with van der Waals surface area (Å²) in [6.45, 7) is 6.89. The van der Waals surface area contributed by atoms with Crippen LogP contribution in [0, 0.1) is 0 Å². The first-order valence-corrected chi connectivity index (χ1v) is 7.43. The minimum atomic E-state index is 0.0335. The summed E-state index contributed by atoms with van der Waals surface area (Å²) >= 11 is 1.67. The van der Waals surface area contributed by atoms with Gasteiger partial charge in [0, 0.05) is 10.4 Å². The molecule has 0 aliphatic carbocycles. The van der Waals surface area contributed by atoms with Crippen molar-refractivity contribution in [3.8, 4) is 11.5 Å². The number of nitrogens with one attached hydrogen (secondary N) is 1. The van der Waals surface area contributed by atoms with Gasteiger partial charge in [0.15, 0.2) is 0 Å². The maximum absolute atomic E-state index is 5.71. The lowest BCUT2D eigenvalue weighted by molar-refractivity contribution is 0.383. The highest BCUT2D eigenvalue weighted by Crippen LogP contribution is 2.28. The molecular formula is C14H19N3OS. The van der Waals surface area contributed by atoms with Crippen LogP contribution in [0.1, 0.15) is 26.7 Å². The number of benzene rings is 1. The molecule has 19 heavy (non-hydrogen) atoms. The van der Waals surface area contributed by atoms with Crippen LogP contribution < -0.4 is 5.32 Å². The molecule has 1 N–H and O–H groups in total. The van der Waals surface area contributed by atoms with Crippen LogP contribution in [0.3, 0.4) is 0 Å². The first kappa shape index (κ1) is 14.1. The minimum Gasteiger partial charge on any atom is -0.419 e. The first-order valence-electron chi connectivity index (χ1n) is 6.20. The fourth-order valence-electron chi connectivity index (χ4n) is 1.60. The molecule has 1 heterocycles. The predicted octanol–water partition coefficient (Wildman–Crippen LogP) is 3.35. The van der Waals surface area contributed by atoms with Crippen molar-refractivity contribution in [1.82, 2.24) is 15.5 Å². The summed E-state index contributed by atoms with van der Waals surface area (Å²) in [6, 6.07) is 8.04. The second kappa shape index (κ2) is 5.75. The van der Waals surface area contributed by atoms with E-state index in [1.165, 1.54) is 0 Å². The van der Waals surface area contributed by atoms with Gasteiger partial charge in [0.25, 0.3) is 0 Å². The number of nitrogens with zero attached hydrogens (tertiary/aromatic N) is 2. The monoisotopic (exact) mass is 277 g/mol. The molecular weight excluding hydrogens is 258 g/mol. The minimum absolute atomic E-state index is 0.0335. The average molecular weight is 277 g/mol. The summed E-state index contributed by atoms with van der Waals surface area (Å²) in [5.41, 5.74) is 1.02. The molecule has 4 nitrogen and oxygen atoms in total. The molecule has 0 fully saturated rings. The van der Waals surface area contributed by atoms with Gasteiger partial charge in [0.05, 0.1) is 12.1 Å².